The molecule has 0 unspecified atom stereocenters. The van der Waals surface area contributed by atoms with Crippen LogP contribution in [0.2, 0.25) is 0 Å². The molecule has 1 saturated carbocycles. The van der Waals surface area contributed by atoms with Crippen LogP contribution in [0.5, 0.6) is 5.75 Å². The lowest BCUT2D eigenvalue weighted by Crippen LogP contribution is -2.50. The van der Waals surface area contributed by atoms with Crippen molar-refractivity contribution in [3.05, 3.63) is 62.6 Å². The van der Waals surface area contributed by atoms with E-state index in [0.717, 1.165) is 9.37 Å². The lowest BCUT2D eigenvalue weighted by Gasteiger charge is -2.34. The van der Waals surface area contributed by atoms with Gasteiger partial charge in [0.2, 0.25) is 17.7 Å². The highest BCUT2D eigenvalue weighted by molar-refractivity contribution is 9.10. The molecule has 0 aromatic heterocycles. The third-order valence-electron chi connectivity index (χ3n) is 8.13. The van der Waals surface area contributed by atoms with Crippen molar-refractivity contribution in [2.45, 2.75) is 27.4 Å². The van der Waals surface area contributed by atoms with Crippen LogP contribution in [0.1, 0.15) is 12.0 Å². The third kappa shape index (κ3) is 3.84. The van der Waals surface area contributed by atoms with Crippen LogP contribution >= 0.6 is 85.5 Å². The second-order valence-corrected chi connectivity index (χ2v) is 14.5. The lowest BCUT2D eigenvalue weighted by molar-refractivity contribution is -0.139. The predicted octanol–water partition coefficient (Wildman–Crippen LogP) is 6.67. The summed E-state index contributed by atoms with van der Waals surface area (Å²) in [6.45, 7) is 1.82. The summed E-state index contributed by atoms with van der Waals surface area (Å²) in [5.41, 5.74) is 1.36. The Labute approximate surface area is 272 Å². The molecule has 2 aromatic rings. The number of hydrogen-bond acceptors (Lipinski definition) is 5. The molecule has 14 heteroatoms. The van der Waals surface area contributed by atoms with Crippen LogP contribution in [-0.4, -0.2) is 44.3 Å². The van der Waals surface area contributed by atoms with Gasteiger partial charge in [-0.1, -0.05) is 62.3 Å². The first-order chi connectivity index (χ1) is 19.2. The molecule has 3 fully saturated rings. The SMILES string of the molecule is Cc1cc(OC(=O)[C@H]2CC(=O)N(c3ccc(Br)cc3)C2)ccc1N1C(=O)[C@@H]2[C@H](C1=O)[C@@]1(Cl)C(Cl)=C(Cl)[C@@]2(Cl)C1(Cl)Cl. The molecule has 41 heavy (non-hydrogen) atoms. The number of benzene rings is 2. The molecule has 214 valence electrons. The van der Waals surface area contributed by atoms with E-state index in [4.69, 9.17) is 74.3 Å². The van der Waals surface area contributed by atoms with Crippen molar-refractivity contribution >= 4 is 121 Å². The molecule has 6 rings (SSSR count). The quantitative estimate of drug-likeness (QED) is 0.152. The monoisotopic (exact) mass is 738 g/mol. The van der Waals surface area contributed by atoms with Gasteiger partial charge in [-0.15, -0.1) is 23.2 Å². The van der Waals surface area contributed by atoms with Crippen LogP contribution in [0.25, 0.3) is 0 Å². The normalized spacial score (nSPS) is 31.9. The average Bonchev–Trinajstić information content (AvgIpc) is 3.50. The van der Waals surface area contributed by atoms with Gasteiger partial charge >= 0.3 is 5.97 Å². The zero-order chi connectivity index (χ0) is 29.8. The second-order valence-electron chi connectivity index (χ2n) is 10.3. The number of ether oxygens (including phenoxy) is 1. The summed E-state index contributed by atoms with van der Waals surface area (Å²) >= 11 is 42.7. The van der Waals surface area contributed by atoms with E-state index in [9.17, 15) is 19.2 Å². The summed E-state index contributed by atoms with van der Waals surface area (Å²) < 4.78 is 4.42. The lowest BCUT2D eigenvalue weighted by atomic mass is 9.84. The summed E-state index contributed by atoms with van der Waals surface area (Å²) in [5, 5.41) is -0.346. The number of nitrogens with zero attached hydrogens (tertiary/aromatic N) is 2. The number of fused-ring (bicyclic) bond motifs is 5. The van der Waals surface area contributed by atoms with Gasteiger partial charge in [-0.2, -0.15) is 0 Å². The number of carbonyl (C=O) groups excluding carboxylic acids is 4. The Hall–Kier alpha value is -1.52. The topological polar surface area (TPSA) is 84.0 Å². The minimum absolute atomic E-state index is 0.00760. The molecule has 0 N–H and O–H groups in total. The Bertz CT molecular complexity index is 1550. The van der Waals surface area contributed by atoms with E-state index in [0.29, 0.717) is 11.3 Å². The molecule has 2 aromatic carbocycles. The van der Waals surface area contributed by atoms with Crippen LogP contribution in [0.15, 0.2) is 57.0 Å². The Balaban J connectivity index is 1.21. The van der Waals surface area contributed by atoms with Gasteiger partial charge in [0.05, 0.1) is 33.5 Å². The fourth-order valence-electron chi connectivity index (χ4n) is 6.11. The van der Waals surface area contributed by atoms with Crippen molar-refractivity contribution < 1.29 is 23.9 Å². The number of amides is 3. The van der Waals surface area contributed by atoms with Crippen molar-refractivity contribution in [3.8, 4) is 5.75 Å². The van der Waals surface area contributed by atoms with Gasteiger partial charge < -0.3 is 9.64 Å². The highest BCUT2D eigenvalue weighted by Crippen LogP contribution is 2.77. The Morgan fingerprint density at radius 1 is 0.927 bits per heavy atom. The second kappa shape index (κ2) is 9.74. The summed E-state index contributed by atoms with van der Waals surface area (Å²) in [7, 11) is 0. The van der Waals surface area contributed by atoms with Crippen LogP contribution in [0.3, 0.4) is 0 Å². The molecule has 2 aliphatic heterocycles. The van der Waals surface area contributed by atoms with Gasteiger partial charge in [0.1, 0.15) is 15.5 Å². The van der Waals surface area contributed by atoms with Gasteiger partial charge in [0, 0.05) is 23.1 Å². The molecule has 4 aliphatic rings. The first kappa shape index (κ1) is 29.5. The van der Waals surface area contributed by atoms with E-state index in [1.54, 1.807) is 24.0 Å². The van der Waals surface area contributed by atoms with Crippen LogP contribution in [-0.2, 0) is 19.2 Å². The van der Waals surface area contributed by atoms with Gasteiger partial charge in [0.15, 0.2) is 4.33 Å². The predicted molar refractivity (Wildman–Crippen MR) is 161 cm³/mol. The van der Waals surface area contributed by atoms with Gasteiger partial charge in [-0.05, 0) is 55.0 Å². The van der Waals surface area contributed by atoms with E-state index in [1.165, 1.54) is 18.2 Å². The number of aryl methyl sites for hydroxylation is 1. The number of carbonyl (C=O) groups is 4. The van der Waals surface area contributed by atoms with Crippen molar-refractivity contribution in [1.29, 1.82) is 0 Å². The molecule has 5 atom stereocenters. The highest BCUT2D eigenvalue weighted by atomic mass is 79.9. The summed E-state index contributed by atoms with van der Waals surface area (Å²) in [6, 6.07) is 11.6. The van der Waals surface area contributed by atoms with E-state index in [-0.39, 0.29) is 40.4 Å². The summed E-state index contributed by atoms with van der Waals surface area (Å²) in [6.07, 6.45) is 0.00760. The van der Waals surface area contributed by atoms with Gasteiger partial charge in [-0.25, -0.2) is 4.90 Å². The summed E-state index contributed by atoms with van der Waals surface area (Å²) in [5.74, 6) is -5.14. The zero-order valence-corrected chi connectivity index (χ0v) is 26.9. The fraction of sp³-hybridized carbons (Fsp3) is 0.333. The molecule has 0 radical (unpaired) electrons. The van der Waals surface area contributed by atoms with Crippen molar-refractivity contribution in [3.63, 3.8) is 0 Å². The molecule has 7 nitrogen and oxygen atoms in total. The molecule has 2 aliphatic carbocycles. The van der Waals surface area contributed by atoms with Gasteiger partial charge in [-0.3, -0.25) is 19.2 Å². The minimum atomic E-state index is -2.02. The van der Waals surface area contributed by atoms with E-state index < -0.39 is 49.6 Å². The molecule has 2 saturated heterocycles. The fourth-order valence-corrected chi connectivity index (χ4v) is 9.30. The maximum absolute atomic E-state index is 13.7. The maximum atomic E-state index is 13.7. The largest absolute Gasteiger partial charge is 0.426 e. The Kier molecular flexibility index (Phi) is 7.02. The number of allylic oxidation sites excluding steroid dienone is 2. The van der Waals surface area contributed by atoms with Crippen molar-refractivity contribution in [2.75, 3.05) is 16.3 Å². The van der Waals surface area contributed by atoms with E-state index >= 15 is 0 Å². The van der Waals surface area contributed by atoms with Crippen LogP contribution in [0, 0.1) is 24.7 Å². The molecule has 0 spiro atoms. The molecular weight excluding hydrogens is 725 g/mol. The summed E-state index contributed by atoms with van der Waals surface area (Å²) in [4.78, 5) is 51.5. The number of halogens is 7. The van der Waals surface area contributed by atoms with Gasteiger partial charge in [0.25, 0.3) is 0 Å². The molecule has 2 heterocycles. The van der Waals surface area contributed by atoms with E-state index in [2.05, 4.69) is 15.9 Å². The number of alkyl halides is 4. The number of anilines is 2. The zero-order valence-electron chi connectivity index (χ0n) is 20.8. The smallest absolute Gasteiger partial charge is 0.316 e. The highest BCUT2D eigenvalue weighted by Gasteiger charge is 2.87. The van der Waals surface area contributed by atoms with Crippen molar-refractivity contribution in [2.24, 2.45) is 17.8 Å². The molecular formula is C27H17BrCl6N2O5. The number of hydrogen-bond donors (Lipinski definition) is 0. The van der Waals surface area contributed by atoms with Crippen LogP contribution < -0.4 is 14.5 Å². The Morgan fingerprint density at radius 3 is 2.02 bits per heavy atom. The number of rotatable bonds is 4. The van der Waals surface area contributed by atoms with E-state index in [1.807, 2.05) is 12.1 Å². The standard InChI is InChI=1S/C27H17BrCl6N2O5/c1-11-8-15(41-24(40)12-9-17(37)35(10-12)14-4-2-13(28)3-5-14)6-7-16(11)36-22(38)18-19(23(36)39)26(32)21(30)20(29)25(18,31)27(26,33)34/h2-8,12,18-19H,9-10H2,1H3/t12-,18-,19+,25+,26+/m0/s1. The average molecular weight is 742 g/mol. The van der Waals surface area contributed by atoms with Crippen molar-refractivity contribution in [1.82, 2.24) is 0 Å². The van der Waals surface area contributed by atoms with Crippen LogP contribution in [0.4, 0.5) is 11.4 Å². The molecule has 2 bridgehead atoms. The Morgan fingerprint density at radius 2 is 1.49 bits per heavy atom. The number of imide groups is 1. The first-order valence-electron chi connectivity index (χ1n) is 12.2. The third-order valence-corrected chi connectivity index (χ3v) is 12.9. The minimum Gasteiger partial charge on any atom is -0.426 e. The molecule has 3 amide bonds. The number of esters is 1. The first-order valence-corrected chi connectivity index (χ1v) is 15.3. The maximum Gasteiger partial charge on any atom is 0.316 e.